The van der Waals surface area contributed by atoms with Gasteiger partial charge in [-0.15, -0.1) is 0 Å². The largest absolute Gasteiger partial charge is 0.470 e. The predicted molar refractivity (Wildman–Crippen MR) is 139 cm³/mol. The van der Waals surface area contributed by atoms with Gasteiger partial charge in [-0.1, -0.05) is 55.8 Å². The molecule has 0 aromatic heterocycles. The third kappa shape index (κ3) is 7.52. The van der Waals surface area contributed by atoms with Gasteiger partial charge in [0.2, 0.25) is 0 Å². The number of carbonyl (C=O) groups excluding carboxylic acids is 2. The maximum atomic E-state index is 13.0. The molecule has 0 amide bonds. The molecule has 1 aliphatic heterocycles. The van der Waals surface area contributed by atoms with E-state index in [4.69, 9.17) is 16.0 Å². The van der Waals surface area contributed by atoms with Crippen LogP contribution in [0.4, 0.5) is 0 Å². The Morgan fingerprint density at radius 3 is 2.49 bits per heavy atom. The van der Waals surface area contributed by atoms with E-state index in [2.05, 4.69) is 11.8 Å². The second-order valence-corrected chi connectivity index (χ2v) is 12.3. The number of aliphatic hydroxyl groups is 1. The van der Waals surface area contributed by atoms with Gasteiger partial charge in [0.1, 0.15) is 5.75 Å². The van der Waals surface area contributed by atoms with Gasteiger partial charge < -0.3 is 14.6 Å². The molecule has 0 atom stereocenters. The van der Waals surface area contributed by atoms with Gasteiger partial charge in [-0.3, -0.25) is 9.59 Å². The van der Waals surface area contributed by atoms with E-state index >= 15 is 0 Å². The third-order valence-electron chi connectivity index (χ3n) is 6.46. The zero-order valence-corrected chi connectivity index (χ0v) is 22.7. The Morgan fingerprint density at radius 2 is 1.86 bits per heavy atom. The van der Waals surface area contributed by atoms with E-state index in [0.717, 1.165) is 47.0 Å². The van der Waals surface area contributed by atoms with Crippen LogP contribution in [0.2, 0.25) is 0 Å². The number of unbranched alkanes of at least 4 members (excludes halogenated alkanes) is 1. The third-order valence-corrected chi connectivity index (χ3v) is 9.19. The van der Waals surface area contributed by atoms with Crippen molar-refractivity contribution < 1.29 is 24.2 Å². The Balaban J connectivity index is 1.69. The lowest BCUT2D eigenvalue weighted by Crippen LogP contribution is -2.25. The van der Waals surface area contributed by atoms with E-state index in [1.165, 1.54) is 42.8 Å². The van der Waals surface area contributed by atoms with Crippen molar-refractivity contribution in [1.29, 1.82) is 0 Å². The first-order valence-corrected chi connectivity index (χ1v) is 14.0. The number of ether oxygens (including phenoxy) is 2. The molecule has 3 rings (SSSR count). The van der Waals surface area contributed by atoms with Gasteiger partial charge in [0.05, 0.1) is 33.8 Å². The Morgan fingerprint density at radius 1 is 1.17 bits per heavy atom. The number of aryl methyl sites for hydroxylation is 1. The smallest absolute Gasteiger partial charge is 0.338 e. The van der Waals surface area contributed by atoms with Crippen LogP contribution >= 0.6 is 23.5 Å². The van der Waals surface area contributed by atoms with Crippen molar-refractivity contribution in [2.45, 2.75) is 94.5 Å². The number of fused-ring (bicyclic) bond motifs is 1. The fourth-order valence-electron chi connectivity index (χ4n) is 4.26. The van der Waals surface area contributed by atoms with Gasteiger partial charge in [-0.2, -0.15) is 0 Å². The van der Waals surface area contributed by atoms with Gasteiger partial charge in [-0.25, -0.2) is 4.85 Å². The fourth-order valence-corrected chi connectivity index (χ4v) is 6.88. The van der Waals surface area contributed by atoms with Gasteiger partial charge >= 0.3 is 11.9 Å². The molecular weight excluding hydrogens is 482 g/mol. The average Bonchev–Trinajstić information content (AvgIpc) is 3.25. The molecule has 1 aromatic rings. The van der Waals surface area contributed by atoms with Gasteiger partial charge in [0.25, 0.3) is 5.70 Å². The van der Waals surface area contributed by atoms with Crippen molar-refractivity contribution in [3.63, 3.8) is 0 Å². The standard InChI is InChI=1S/C27H35NO5S2/c1-6-7-8-18-10-12-19(13-11-18)24(29)33-20-14-9-17(2)22-23(20)35-26(34-22)21(28-5)25(30)32-16-15-27(3,4)31/h9,14,18-19,31H,6-8,10-13,15-16H2,1-4H3. The van der Waals surface area contributed by atoms with E-state index in [9.17, 15) is 14.7 Å². The van der Waals surface area contributed by atoms with Gasteiger partial charge in [-0.05, 0) is 64.0 Å². The summed E-state index contributed by atoms with van der Waals surface area (Å²) in [5.41, 5.74) is -0.0545. The van der Waals surface area contributed by atoms with Crippen LogP contribution in [-0.2, 0) is 14.3 Å². The number of esters is 2. The summed E-state index contributed by atoms with van der Waals surface area (Å²) in [6.07, 6.45) is 7.87. The second kappa shape index (κ2) is 12.3. The number of nitrogens with zero attached hydrogens (tertiary/aromatic N) is 1. The molecule has 1 fully saturated rings. The first kappa shape index (κ1) is 27.6. The number of thioether (sulfide) groups is 2. The molecule has 6 nitrogen and oxygen atoms in total. The number of rotatable bonds is 9. The highest BCUT2D eigenvalue weighted by atomic mass is 32.2. The summed E-state index contributed by atoms with van der Waals surface area (Å²) in [5, 5.41) is 9.82. The normalized spacial score (nSPS) is 21.1. The van der Waals surface area contributed by atoms with Crippen molar-refractivity contribution in [1.82, 2.24) is 0 Å². The number of hydrogen-bond acceptors (Lipinski definition) is 7. The van der Waals surface area contributed by atoms with Crippen molar-refractivity contribution in [3.8, 4) is 5.75 Å². The lowest BCUT2D eigenvalue weighted by atomic mass is 9.80. The second-order valence-electron chi connectivity index (χ2n) is 9.97. The molecule has 35 heavy (non-hydrogen) atoms. The predicted octanol–water partition coefficient (Wildman–Crippen LogP) is 6.89. The minimum absolute atomic E-state index is 0.0273. The Labute approximate surface area is 217 Å². The van der Waals surface area contributed by atoms with Crippen molar-refractivity contribution in [2.75, 3.05) is 6.61 Å². The molecule has 0 radical (unpaired) electrons. The zero-order chi connectivity index (χ0) is 25.6. The first-order chi connectivity index (χ1) is 16.6. The van der Waals surface area contributed by atoms with Crippen molar-refractivity contribution >= 4 is 35.5 Å². The van der Waals surface area contributed by atoms with Crippen LogP contribution in [-0.4, -0.2) is 29.3 Å². The molecule has 0 saturated heterocycles. The molecule has 1 saturated carbocycles. The maximum absolute atomic E-state index is 13.0. The summed E-state index contributed by atoms with van der Waals surface area (Å²) in [5.74, 6) is 0.226. The Hall–Kier alpha value is -1.95. The van der Waals surface area contributed by atoms with Gasteiger partial charge in [0, 0.05) is 11.3 Å². The van der Waals surface area contributed by atoms with Crippen LogP contribution in [0.15, 0.2) is 31.9 Å². The highest BCUT2D eigenvalue weighted by molar-refractivity contribution is 8.24. The van der Waals surface area contributed by atoms with Crippen LogP contribution in [0.3, 0.4) is 0 Å². The number of carbonyl (C=O) groups is 2. The van der Waals surface area contributed by atoms with Crippen molar-refractivity contribution in [2.24, 2.45) is 11.8 Å². The molecule has 1 aliphatic carbocycles. The molecule has 0 unspecified atom stereocenters. The minimum Gasteiger partial charge on any atom is -0.470 e. The lowest BCUT2D eigenvalue weighted by molar-refractivity contribution is -0.141. The highest BCUT2D eigenvalue weighted by Crippen LogP contribution is 2.57. The number of hydrogen-bond donors (Lipinski definition) is 1. The Bertz CT molecular complexity index is 1010. The first-order valence-electron chi connectivity index (χ1n) is 12.3. The molecule has 1 aromatic carbocycles. The molecule has 1 heterocycles. The Kier molecular flexibility index (Phi) is 9.74. The SMILES string of the molecule is [C-]#[N+]C(C(=O)OCCC(C)(C)O)=C1Sc2c(C)ccc(OC(=O)C3CCC(CCCC)CC3)c2S1. The van der Waals surface area contributed by atoms with Crippen LogP contribution in [0.25, 0.3) is 4.85 Å². The highest BCUT2D eigenvalue weighted by Gasteiger charge is 2.32. The van der Waals surface area contributed by atoms with Crippen molar-refractivity contribution in [3.05, 3.63) is 39.0 Å². The topological polar surface area (TPSA) is 77.2 Å². The quantitative estimate of drug-likeness (QED) is 0.165. The monoisotopic (exact) mass is 517 g/mol. The van der Waals surface area contributed by atoms with E-state index < -0.39 is 11.6 Å². The summed E-state index contributed by atoms with van der Waals surface area (Å²) >= 11 is 2.61. The molecule has 190 valence electrons. The molecule has 0 spiro atoms. The van der Waals surface area contributed by atoms with E-state index in [1.807, 2.05) is 13.0 Å². The lowest BCUT2D eigenvalue weighted by Gasteiger charge is -2.27. The number of benzene rings is 1. The maximum Gasteiger partial charge on any atom is 0.338 e. The summed E-state index contributed by atoms with van der Waals surface area (Å²) < 4.78 is 11.6. The van der Waals surface area contributed by atoms with Gasteiger partial charge in [0.15, 0.2) is 0 Å². The molecule has 8 heteroatoms. The summed E-state index contributed by atoms with van der Waals surface area (Å²) in [4.78, 5) is 30.6. The van der Waals surface area contributed by atoms with Crippen LogP contribution in [0.5, 0.6) is 5.75 Å². The molecular formula is C27H35NO5S2. The summed E-state index contributed by atoms with van der Waals surface area (Å²) in [7, 11) is 0. The minimum atomic E-state index is -0.955. The van der Waals surface area contributed by atoms with Crippen LogP contribution in [0, 0.1) is 25.3 Å². The molecule has 2 aliphatic rings. The zero-order valence-electron chi connectivity index (χ0n) is 21.0. The summed E-state index contributed by atoms with van der Waals surface area (Å²) in [6.45, 7) is 15.0. The van der Waals surface area contributed by atoms with Crippen LogP contribution < -0.4 is 4.74 Å². The average molecular weight is 518 g/mol. The summed E-state index contributed by atoms with van der Waals surface area (Å²) in [6, 6.07) is 3.70. The fraction of sp³-hybridized carbons (Fsp3) is 0.593. The van der Waals surface area contributed by atoms with E-state index in [1.54, 1.807) is 19.9 Å². The van der Waals surface area contributed by atoms with E-state index in [-0.39, 0.29) is 30.6 Å². The van der Waals surface area contributed by atoms with Crippen LogP contribution in [0.1, 0.15) is 77.7 Å². The van der Waals surface area contributed by atoms with E-state index in [0.29, 0.717) is 9.99 Å². The molecule has 1 N–H and O–H groups in total. The molecule has 0 bridgehead atoms.